The van der Waals surface area contributed by atoms with Gasteiger partial charge in [-0.05, 0) is 43.4 Å². The number of nitrogens with zero attached hydrogens (tertiary/aromatic N) is 1. The summed E-state index contributed by atoms with van der Waals surface area (Å²) >= 11 is 0. The van der Waals surface area contributed by atoms with Gasteiger partial charge in [-0.25, -0.2) is 0 Å². The highest BCUT2D eigenvalue weighted by molar-refractivity contribution is 5.94. The largest absolute Gasteiger partial charge is 0.330 e. The summed E-state index contributed by atoms with van der Waals surface area (Å²) in [6.45, 7) is 3.44. The fourth-order valence-corrected chi connectivity index (χ4v) is 2.44. The Bertz CT molecular complexity index is 417. The predicted molar refractivity (Wildman–Crippen MR) is 74.6 cm³/mol. The van der Waals surface area contributed by atoms with Crippen LogP contribution >= 0.6 is 0 Å². The van der Waals surface area contributed by atoms with E-state index in [0.717, 1.165) is 31.5 Å². The van der Waals surface area contributed by atoms with Crippen LogP contribution in [0.1, 0.15) is 31.7 Å². The fourth-order valence-electron chi connectivity index (χ4n) is 2.44. The summed E-state index contributed by atoms with van der Waals surface area (Å²) in [7, 11) is 0. The Hall–Kier alpha value is -1.35. The minimum atomic E-state index is 0.210. The number of hydrogen-bond acceptors (Lipinski definition) is 2. The van der Waals surface area contributed by atoms with E-state index in [4.69, 9.17) is 5.73 Å². The van der Waals surface area contributed by atoms with E-state index in [9.17, 15) is 4.79 Å². The highest BCUT2D eigenvalue weighted by Gasteiger charge is 2.21. The quantitative estimate of drug-likeness (QED) is 0.889. The molecule has 2 rings (SSSR count). The van der Waals surface area contributed by atoms with E-state index in [1.807, 2.05) is 17.9 Å². The van der Waals surface area contributed by atoms with E-state index in [1.165, 1.54) is 5.56 Å². The first kappa shape index (κ1) is 13.1. The highest BCUT2D eigenvalue weighted by atomic mass is 16.2. The number of anilines is 1. The summed E-state index contributed by atoms with van der Waals surface area (Å²) in [4.78, 5) is 14.3. The zero-order valence-electron chi connectivity index (χ0n) is 11.1. The van der Waals surface area contributed by atoms with Crippen molar-refractivity contribution in [3.63, 3.8) is 0 Å². The molecule has 1 amide bonds. The van der Waals surface area contributed by atoms with Gasteiger partial charge in [0.25, 0.3) is 0 Å². The van der Waals surface area contributed by atoms with Crippen LogP contribution in [-0.2, 0) is 11.2 Å². The van der Waals surface area contributed by atoms with Crippen LogP contribution in [0.25, 0.3) is 0 Å². The number of fused-ring (bicyclic) bond motifs is 1. The van der Waals surface area contributed by atoms with Crippen molar-refractivity contribution in [3.8, 4) is 0 Å². The number of benzene rings is 1. The summed E-state index contributed by atoms with van der Waals surface area (Å²) in [6.07, 6.45) is 3.86. The van der Waals surface area contributed by atoms with Crippen LogP contribution in [0.5, 0.6) is 0 Å². The number of rotatable bonds is 3. The minimum absolute atomic E-state index is 0.210. The number of carbonyl (C=O) groups is 1. The first-order chi connectivity index (χ1) is 8.72. The third kappa shape index (κ3) is 2.91. The van der Waals surface area contributed by atoms with Crippen molar-refractivity contribution >= 4 is 11.6 Å². The molecule has 0 fully saturated rings. The zero-order valence-corrected chi connectivity index (χ0v) is 11.1. The molecule has 0 bridgehead atoms. The summed E-state index contributed by atoms with van der Waals surface area (Å²) in [5.41, 5.74) is 8.00. The molecule has 0 aliphatic carbocycles. The van der Waals surface area contributed by atoms with Crippen LogP contribution in [0.4, 0.5) is 5.69 Å². The molecule has 0 saturated carbocycles. The number of amides is 1. The van der Waals surface area contributed by atoms with Crippen LogP contribution in [0.2, 0.25) is 0 Å². The van der Waals surface area contributed by atoms with Crippen molar-refractivity contribution in [1.82, 2.24) is 0 Å². The predicted octanol–water partition coefficient (Wildman–Crippen LogP) is 2.34. The number of para-hydroxylation sites is 1. The van der Waals surface area contributed by atoms with Crippen molar-refractivity contribution in [3.05, 3.63) is 29.8 Å². The van der Waals surface area contributed by atoms with Gasteiger partial charge in [0.1, 0.15) is 0 Å². The molecule has 0 saturated heterocycles. The van der Waals surface area contributed by atoms with E-state index >= 15 is 0 Å². The molecule has 98 valence electrons. The molecule has 3 nitrogen and oxygen atoms in total. The lowest BCUT2D eigenvalue weighted by Crippen LogP contribution is -2.33. The molecule has 1 aromatic carbocycles. The molecular formula is C15H22N2O. The molecule has 1 aliphatic heterocycles. The maximum atomic E-state index is 12.4. The Morgan fingerprint density at radius 1 is 1.39 bits per heavy atom. The average Bonchev–Trinajstić information content (AvgIpc) is 2.60. The van der Waals surface area contributed by atoms with E-state index < -0.39 is 0 Å². The lowest BCUT2D eigenvalue weighted by molar-refractivity contribution is -0.119. The normalized spacial score (nSPS) is 16.9. The summed E-state index contributed by atoms with van der Waals surface area (Å²) < 4.78 is 0. The van der Waals surface area contributed by atoms with Crippen LogP contribution in [0.15, 0.2) is 24.3 Å². The maximum absolute atomic E-state index is 12.4. The minimum Gasteiger partial charge on any atom is -0.330 e. The van der Waals surface area contributed by atoms with Gasteiger partial charge in [0, 0.05) is 18.7 Å². The Morgan fingerprint density at radius 3 is 2.94 bits per heavy atom. The van der Waals surface area contributed by atoms with Crippen LogP contribution in [-0.4, -0.2) is 19.0 Å². The van der Waals surface area contributed by atoms with E-state index in [-0.39, 0.29) is 11.8 Å². The number of nitrogens with two attached hydrogens (primary N) is 1. The second-order valence-corrected chi connectivity index (χ2v) is 5.18. The Labute approximate surface area is 109 Å². The standard InChI is InChI=1S/C15H22N2O/c1-12(11-16)10-15(18)17-9-5-4-7-13-6-2-3-8-14(13)17/h2-3,6,8,12H,4-5,7,9-11,16H2,1H3. The topological polar surface area (TPSA) is 46.3 Å². The smallest absolute Gasteiger partial charge is 0.227 e. The highest BCUT2D eigenvalue weighted by Crippen LogP contribution is 2.27. The van der Waals surface area contributed by atoms with Crippen LogP contribution in [0.3, 0.4) is 0 Å². The SMILES string of the molecule is CC(CN)CC(=O)N1CCCCc2ccccc21. The van der Waals surface area contributed by atoms with E-state index in [1.54, 1.807) is 0 Å². The van der Waals surface area contributed by atoms with Crippen molar-refractivity contribution in [2.24, 2.45) is 11.7 Å². The van der Waals surface area contributed by atoms with Crippen LogP contribution < -0.4 is 10.6 Å². The average molecular weight is 246 g/mol. The van der Waals surface area contributed by atoms with E-state index in [0.29, 0.717) is 13.0 Å². The fraction of sp³-hybridized carbons (Fsp3) is 0.533. The monoisotopic (exact) mass is 246 g/mol. The molecule has 0 radical (unpaired) electrons. The lowest BCUT2D eigenvalue weighted by atomic mass is 10.1. The third-order valence-corrected chi connectivity index (χ3v) is 3.59. The van der Waals surface area contributed by atoms with Crippen LogP contribution in [0, 0.1) is 5.92 Å². The second kappa shape index (κ2) is 6.01. The molecule has 0 aromatic heterocycles. The molecular weight excluding hydrogens is 224 g/mol. The summed E-state index contributed by atoms with van der Waals surface area (Å²) in [6, 6.07) is 8.26. The van der Waals surface area contributed by atoms with Gasteiger partial charge in [-0.3, -0.25) is 4.79 Å². The molecule has 1 unspecified atom stereocenters. The molecule has 1 aromatic rings. The number of hydrogen-bond donors (Lipinski definition) is 1. The maximum Gasteiger partial charge on any atom is 0.227 e. The molecule has 3 heteroatoms. The molecule has 18 heavy (non-hydrogen) atoms. The number of aryl methyl sites for hydroxylation is 1. The summed E-state index contributed by atoms with van der Waals surface area (Å²) in [5, 5.41) is 0. The van der Waals surface area contributed by atoms with Crippen molar-refractivity contribution in [2.75, 3.05) is 18.0 Å². The van der Waals surface area contributed by atoms with Gasteiger partial charge in [-0.2, -0.15) is 0 Å². The van der Waals surface area contributed by atoms with E-state index in [2.05, 4.69) is 18.2 Å². The van der Waals surface area contributed by atoms with Gasteiger partial charge in [-0.15, -0.1) is 0 Å². The Balaban J connectivity index is 2.19. The van der Waals surface area contributed by atoms with Crippen molar-refractivity contribution in [2.45, 2.75) is 32.6 Å². The molecule has 2 N–H and O–H groups in total. The zero-order chi connectivity index (χ0) is 13.0. The van der Waals surface area contributed by atoms with Crippen molar-refractivity contribution < 1.29 is 4.79 Å². The van der Waals surface area contributed by atoms with Gasteiger partial charge in [0.2, 0.25) is 5.91 Å². The van der Waals surface area contributed by atoms with Crippen molar-refractivity contribution in [1.29, 1.82) is 0 Å². The Morgan fingerprint density at radius 2 is 2.17 bits per heavy atom. The van der Waals surface area contributed by atoms with Gasteiger partial charge in [0.05, 0.1) is 0 Å². The molecule has 1 aliphatic rings. The molecule has 1 heterocycles. The van der Waals surface area contributed by atoms with Gasteiger partial charge in [-0.1, -0.05) is 25.1 Å². The lowest BCUT2D eigenvalue weighted by Gasteiger charge is -2.24. The first-order valence-electron chi connectivity index (χ1n) is 6.80. The first-order valence-corrected chi connectivity index (χ1v) is 6.80. The Kier molecular flexibility index (Phi) is 4.37. The molecule has 1 atom stereocenters. The third-order valence-electron chi connectivity index (χ3n) is 3.59. The second-order valence-electron chi connectivity index (χ2n) is 5.18. The van der Waals surface area contributed by atoms with Gasteiger partial charge >= 0.3 is 0 Å². The number of carbonyl (C=O) groups excluding carboxylic acids is 1. The van der Waals surface area contributed by atoms with Gasteiger partial charge in [0.15, 0.2) is 0 Å². The van der Waals surface area contributed by atoms with Gasteiger partial charge < -0.3 is 10.6 Å². The summed E-state index contributed by atoms with van der Waals surface area (Å²) in [5.74, 6) is 0.468. The molecule has 0 spiro atoms.